The van der Waals surface area contributed by atoms with Gasteiger partial charge >= 0.3 is 6.03 Å². The van der Waals surface area contributed by atoms with Gasteiger partial charge in [-0.05, 0) is 55.7 Å². The van der Waals surface area contributed by atoms with E-state index in [4.69, 9.17) is 0 Å². The van der Waals surface area contributed by atoms with Gasteiger partial charge in [0.25, 0.3) is 0 Å². The predicted molar refractivity (Wildman–Crippen MR) is 75.8 cm³/mol. The average molecular weight is 276 g/mol. The van der Waals surface area contributed by atoms with Gasteiger partial charge in [0.2, 0.25) is 0 Å². The van der Waals surface area contributed by atoms with Gasteiger partial charge < -0.3 is 10.2 Å². The van der Waals surface area contributed by atoms with E-state index in [9.17, 15) is 9.18 Å². The topological polar surface area (TPSA) is 32.3 Å². The molecule has 0 spiro atoms. The second kappa shape index (κ2) is 5.43. The predicted octanol–water partition coefficient (Wildman–Crippen LogP) is 3.47. The molecule has 20 heavy (non-hydrogen) atoms. The van der Waals surface area contributed by atoms with Crippen LogP contribution >= 0.6 is 0 Å². The number of halogens is 1. The maximum absolute atomic E-state index is 13.0. The van der Waals surface area contributed by atoms with Crippen molar-refractivity contribution in [3.05, 3.63) is 35.6 Å². The number of carbonyl (C=O) groups is 1. The highest BCUT2D eigenvalue weighted by atomic mass is 19.1. The third-order valence-corrected chi connectivity index (χ3v) is 4.54. The van der Waals surface area contributed by atoms with E-state index in [0.29, 0.717) is 12.0 Å². The molecule has 0 bridgehead atoms. The van der Waals surface area contributed by atoms with Crippen molar-refractivity contribution >= 4 is 6.03 Å². The van der Waals surface area contributed by atoms with E-state index in [0.717, 1.165) is 31.2 Å². The molecule has 0 aliphatic heterocycles. The zero-order valence-corrected chi connectivity index (χ0v) is 11.8. The summed E-state index contributed by atoms with van der Waals surface area (Å²) in [5.41, 5.74) is 1.00. The molecule has 1 unspecified atom stereocenters. The highest BCUT2D eigenvalue weighted by molar-refractivity contribution is 5.75. The van der Waals surface area contributed by atoms with Crippen molar-refractivity contribution in [2.75, 3.05) is 7.05 Å². The molecule has 1 aromatic rings. The van der Waals surface area contributed by atoms with Crippen LogP contribution in [0.4, 0.5) is 9.18 Å². The Morgan fingerprint density at radius 1 is 1.25 bits per heavy atom. The number of benzene rings is 1. The Labute approximate surface area is 119 Å². The van der Waals surface area contributed by atoms with Crippen LogP contribution in [-0.2, 0) is 0 Å². The number of rotatable bonds is 4. The lowest BCUT2D eigenvalue weighted by Crippen LogP contribution is -2.47. The zero-order valence-electron chi connectivity index (χ0n) is 11.8. The largest absolute Gasteiger partial charge is 0.331 e. The van der Waals surface area contributed by atoms with E-state index in [1.54, 1.807) is 12.1 Å². The third-order valence-electron chi connectivity index (χ3n) is 4.54. The van der Waals surface area contributed by atoms with Crippen LogP contribution in [0.1, 0.15) is 43.7 Å². The zero-order chi connectivity index (χ0) is 14.1. The Bertz CT molecular complexity index is 480. The fraction of sp³-hybridized carbons (Fsp3) is 0.562. The Morgan fingerprint density at radius 3 is 2.40 bits per heavy atom. The molecule has 2 amide bonds. The lowest BCUT2D eigenvalue weighted by molar-refractivity contribution is 0.153. The molecular weight excluding hydrogens is 255 g/mol. The molecule has 1 atom stereocenters. The molecule has 0 saturated heterocycles. The number of nitrogens with one attached hydrogen (secondary N) is 1. The molecule has 3 rings (SSSR count). The van der Waals surface area contributed by atoms with Crippen LogP contribution in [0.15, 0.2) is 24.3 Å². The second-order valence-electron chi connectivity index (χ2n) is 6.01. The van der Waals surface area contributed by atoms with Crippen LogP contribution in [0.5, 0.6) is 0 Å². The van der Waals surface area contributed by atoms with E-state index < -0.39 is 0 Å². The second-order valence-corrected chi connectivity index (χ2v) is 6.01. The van der Waals surface area contributed by atoms with Crippen LogP contribution in [-0.4, -0.2) is 24.0 Å². The van der Waals surface area contributed by atoms with Gasteiger partial charge in [-0.2, -0.15) is 0 Å². The number of urea groups is 1. The quantitative estimate of drug-likeness (QED) is 0.897. The number of hydrogen-bond donors (Lipinski definition) is 1. The van der Waals surface area contributed by atoms with E-state index in [1.165, 1.54) is 18.6 Å². The SMILES string of the molecule is CN(C(=O)NC(c1ccc(F)cc1)C1CC1)C1CCC1. The fourth-order valence-corrected chi connectivity index (χ4v) is 2.75. The van der Waals surface area contributed by atoms with Gasteiger partial charge in [0.15, 0.2) is 0 Å². The smallest absolute Gasteiger partial charge is 0.317 e. The summed E-state index contributed by atoms with van der Waals surface area (Å²) in [4.78, 5) is 14.1. The molecule has 3 nitrogen and oxygen atoms in total. The fourth-order valence-electron chi connectivity index (χ4n) is 2.75. The van der Waals surface area contributed by atoms with Gasteiger partial charge in [0.1, 0.15) is 5.82 Å². The van der Waals surface area contributed by atoms with Gasteiger partial charge in [-0.3, -0.25) is 0 Å². The molecule has 2 saturated carbocycles. The van der Waals surface area contributed by atoms with Crippen molar-refractivity contribution in [2.24, 2.45) is 5.92 Å². The molecule has 2 aliphatic carbocycles. The summed E-state index contributed by atoms with van der Waals surface area (Å²) in [7, 11) is 1.87. The summed E-state index contributed by atoms with van der Waals surface area (Å²) in [6.45, 7) is 0. The molecule has 0 radical (unpaired) electrons. The molecule has 0 aromatic heterocycles. The number of amides is 2. The van der Waals surface area contributed by atoms with Crippen molar-refractivity contribution in [3.63, 3.8) is 0 Å². The minimum atomic E-state index is -0.235. The number of nitrogens with zero attached hydrogens (tertiary/aromatic N) is 1. The first-order valence-corrected chi connectivity index (χ1v) is 7.44. The van der Waals surface area contributed by atoms with Gasteiger partial charge in [-0.1, -0.05) is 12.1 Å². The van der Waals surface area contributed by atoms with Crippen molar-refractivity contribution in [1.82, 2.24) is 10.2 Å². The van der Waals surface area contributed by atoms with Gasteiger partial charge in [0.05, 0.1) is 6.04 Å². The first-order valence-electron chi connectivity index (χ1n) is 7.44. The number of hydrogen-bond acceptors (Lipinski definition) is 1. The lowest BCUT2D eigenvalue weighted by Gasteiger charge is -2.35. The van der Waals surface area contributed by atoms with Crippen molar-refractivity contribution in [3.8, 4) is 0 Å². The van der Waals surface area contributed by atoms with Crippen LogP contribution < -0.4 is 5.32 Å². The Morgan fingerprint density at radius 2 is 1.90 bits per heavy atom. The molecule has 4 heteroatoms. The molecule has 2 aliphatic rings. The van der Waals surface area contributed by atoms with E-state index >= 15 is 0 Å². The van der Waals surface area contributed by atoms with Crippen molar-refractivity contribution in [1.29, 1.82) is 0 Å². The summed E-state index contributed by atoms with van der Waals surface area (Å²) in [6, 6.07) is 6.90. The van der Waals surface area contributed by atoms with Crippen LogP contribution in [0, 0.1) is 11.7 Å². The normalized spacial score (nSPS) is 20.1. The Hall–Kier alpha value is -1.58. The van der Waals surface area contributed by atoms with Gasteiger partial charge in [-0.25, -0.2) is 9.18 Å². The van der Waals surface area contributed by atoms with Gasteiger partial charge in [-0.15, -0.1) is 0 Å². The summed E-state index contributed by atoms with van der Waals surface area (Å²) >= 11 is 0. The standard InChI is InChI=1S/C16H21FN2O/c1-19(14-3-2-4-14)16(20)18-15(11-5-6-11)12-7-9-13(17)10-8-12/h7-11,14-15H,2-6H2,1H3,(H,18,20). The van der Waals surface area contributed by atoms with Crippen LogP contribution in [0.2, 0.25) is 0 Å². The van der Waals surface area contributed by atoms with Crippen LogP contribution in [0.3, 0.4) is 0 Å². The molecule has 0 heterocycles. The first kappa shape index (κ1) is 13.4. The molecule has 1 N–H and O–H groups in total. The highest BCUT2D eigenvalue weighted by Gasteiger charge is 2.35. The van der Waals surface area contributed by atoms with E-state index in [-0.39, 0.29) is 17.9 Å². The maximum Gasteiger partial charge on any atom is 0.317 e. The minimum absolute atomic E-state index is 0.00377. The molecule has 2 fully saturated rings. The molecular formula is C16H21FN2O. The highest BCUT2D eigenvalue weighted by Crippen LogP contribution is 2.41. The third kappa shape index (κ3) is 2.79. The number of carbonyl (C=O) groups excluding carboxylic acids is 1. The Balaban J connectivity index is 1.68. The van der Waals surface area contributed by atoms with E-state index in [1.807, 2.05) is 11.9 Å². The van der Waals surface area contributed by atoms with E-state index in [2.05, 4.69) is 5.32 Å². The van der Waals surface area contributed by atoms with Crippen molar-refractivity contribution in [2.45, 2.75) is 44.2 Å². The average Bonchev–Trinajstić information content (AvgIpc) is 3.19. The summed E-state index contributed by atoms with van der Waals surface area (Å²) in [5, 5.41) is 3.13. The van der Waals surface area contributed by atoms with Crippen LogP contribution in [0.25, 0.3) is 0 Å². The maximum atomic E-state index is 13.0. The monoisotopic (exact) mass is 276 g/mol. The summed E-state index contributed by atoms with van der Waals surface area (Å²) < 4.78 is 13.0. The summed E-state index contributed by atoms with van der Waals surface area (Å²) in [6.07, 6.45) is 5.69. The molecule has 108 valence electrons. The first-order chi connectivity index (χ1) is 9.65. The minimum Gasteiger partial charge on any atom is -0.331 e. The van der Waals surface area contributed by atoms with Gasteiger partial charge in [0, 0.05) is 13.1 Å². The summed E-state index contributed by atoms with van der Waals surface area (Å²) in [5.74, 6) is 0.264. The lowest BCUT2D eigenvalue weighted by atomic mass is 9.92. The van der Waals surface area contributed by atoms with Crippen molar-refractivity contribution < 1.29 is 9.18 Å². The Kier molecular flexibility index (Phi) is 3.64. The molecule has 1 aromatic carbocycles.